The number of fused-ring (bicyclic) bond motifs is 1. The van der Waals surface area contributed by atoms with Gasteiger partial charge in [-0.15, -0.1) is 0 Å². The molecule has 2 rings (SSSR count). The van der Waals surface area contributed by atoms with Crippen LogP contribution in [0.4, 0.5) is 0 Å². The number of nitrogens with one attached hydrogen (secondary N) is 1. The smallest absolute Gasteiger partial charge is 0.302 e. The highest BCUT2D eigenvalue weighted by Crippen LogP contribution is 1.97. The third-order valence-electron chi connectivity index (χ3n) is 1.93. The standard InChI is InChI=1S/C8H9BN2/c1-9-8-5-3-2-4-7(8)6-10-11-9/h2-6,11H,1H3. The normalized spacial score (nSPS) is 14.1. The summed E-state index contributed by atoms with van der Waals surface area (Å²) < 4.78 is 0. The van der Waals surface area contributed by atoms with E-state index in [9.17, 15) is 0 Å². The van der Waals surface area contributed by atoms with Crippen LogP contribution in [0.15, 0.2) is 29.4 Å². The maximum absolute atomic E-state index is 4.02. The van der Waals surface area contributed by atoms with Crippen LogP contribution >= 0.6 is 0 Å². The molecule has 1 aromatic carbocycles. The molecule has 0 aliphatic carbocycles. The highest BCUT2D eigenvalue weighted by molar-refractivity contribution is 6.71. The van der Waals surface area contributed by atoms with Crippen molar-refractivity contribution in [1.29, 1.82) is 0 Å². The lowest BCUT2D eigenvalue weighted by atomic mass is 9.57. The Morgan fingerprint density at radius 3 is 3.00 bits per heavy atom. The molecule has 0 bridgehead atoms. The number of hydrazone groups is 1. The van der Waals surface area contributed by atoms with Crippen molar-refractivity contribution in [3.8, 4) is 0 Å². The van der Waals surface area contributed by atoms with E-state index in [0.717, 1.165) is 0 Å². The molecule has 0 radical (unpaired) electrons. The summed E-state index contributed by atoms with van der Waals surface area (Å²) in [6.45, 7) is 2.45. The second-order valence-corrected chi connectivity index (χ2v) is 2.74. The predicted octanol–water partition coefficient (Wildman–Crippen LogP) is 0.452. The summed E-state index contributed by atoms with van der Waals surface area (Å²) in [7, 11) is 0. The lowest BCUT2D eigenvalue weighted by Crippen LogP contribution is -2.43. The van der Waals surface area contributed by atoms with Gasteiger partial charge in [-0.1, -0.05) is 31.1 Å². The van der Waals surface area contributed by atoms with Gasteiger partial charge in [0.1, 0.15) is 0 Å². The third-order valence-corrected chi connectivity index (χ3v) is 1.93. The molecule has 1 N–H and O–H groups in total. The van der Waals surface area contributed by atoms with Gasteiger partial charge in [-0.05, 0) is 11.0 Å². The number of rotatable bonds is 0. The van der Waals surface area contributed by atoms with Crippen LogP contribution in [0.5, 0.6) is 0 Å². The Labute approximate surface area is 66.4 Å². The number of nitrogens with zero attached hydrogens (tertiary/aromatic N) is 1. The van der Waals surface area contributed by atoms with Gasteiger partial charge < -0.3 is 5.34 Å². The summed E-state index contributed by atoms with van der Waals surface area (Å²) in [5.41, 5.74) is 2.54. The van der Waals surface area contributed by atoms with E-state index in [4.69, 9.17) is 0 Å². The van der Waals surface area contributed by atoms with E-state index in [1.807, 2.05) is 12.3 Å². The largest absolute Gasteiger partial charge is 0.347 e. The minimum absolute atomic E-state index is 0.344. The van der Waals surface area contributed by atoms with Gasteiger partial charge in [0.05, 0.1) is 6.21 Å². The highest BCUT2D eigenvalue weighted by atomic mass is 15.2. The Hall–Kier alpha value is -1.25. The Morgan fingerprint density at radius 2 is 2.18 bits per heavy atom. The van der Waals surface area contributed by atoms with Gasteiger partial charge in [0.25, 0.3) is 0 Å². The Balaban J connectivity index is 2.54. The molecule has 0 amide bonds. The maximum atomic E-state index is 4.02. The first-order valence-corrected chi connectivity index (χ1v) is 3.75. The van der Waals surface area contributed by atoms with Crippen LogP contribution in [-0.4, -0.2) is 13.1 Å². The number of benzene rings is 1. The number of hydrogen-bond acceptors (Lipinski definition) is 2. The van der Waals surface area contributed by atoms with Crippen LogP contribution in [-0.2, 0) is 0 Å². The van der Waals surface area contributed by atoms with Crippen molar-refractivity contribution in [2.45, 2.75) is 6.82 Å². The molecule has 0 fully saturated rings. The molecule has 2 nitrogen and oxygen atoms in total. The predicted molar refractivity (Wildman–Crippen MR) is 48.4 cm³/mol. The molecule has 1 aliphatic heterocycles. The van der Waals surface area contributed by atoms with Gasteiger partial charge in [0, 0.05) is 0 Å². The van der Waals surface area contributed by atoms with E-state index in [-0.39, 0.29) is 0 Å². The monoisotopic (exact) mass is 144 g/mol. The van der Waals surface area contributed by atoms with Crippen molar-refractivity contribution in [1.82, 2.24) is 5.34 Å². The molecule has 1 aromatic rings. The Kier molecular flexibility index (Phi) is 1.42. The molecule has 1 heterocycles. The third kappa shape index (κ3) is 1.02. The topological polar surface area (TPSA) is 24.4 Å². The van der Waals surface area contributed by atoms with Gasteiger partial charge in [-0.25, -0.2) is 5.10 Å². The molecule has 3 heteroatoms. The van der Waals surface area contributed by atoms with Gasteiger partial charge in [0.15, 0.2) is 0 Å². The zero-order valence-electron chi connectivity index (χ0n) is 6.41. The van der Waals surface area contributed by atoms with E-state index in [1.165, 1.54) is 11.0 Å². The van der Waals surface area contributed by atoms with Crippen LogP contribution in [0.2, 0.25) is 6.82 Å². The van der Waals surface area contributed by atoms with E-state index in [1.54, 1.807) is 0 Å². The lowest BCUT2D eigenvalue weighted by molar-refractivity contribution is 1.06. The van der Waals surface area contributed by atoms with Crippen molar-refractivity contribution in [2.24, 2.45) is 5.10 Å². The molecule has 0 atom stereocenters. The average Bonchev–Trinajstić information content (AvgIpc) is 2.06. The summed E-state index contributed by atoms with van der Waals surface area (Å²) in [4.78, 5) is 0. The van der Waals surface area contributed by atoms with Crippen LogP contribution in [0.3, 0.4) is 0 Å². The Bertz CT molecular complexity index is 296. The second kappa shape index (κ2) is 2.42. The molecular formula is C8H9BN2. The SMILES string of the molecule is CB1NN=Cc2ccccc21. The fourth-order valence-electron chi connectivity index (χ4n) is 1.31. The van der Waals surface area contributed by atoms with Crippen molar-refractivity contribution < 1.29 is 0 Å². The van der Waals surface area contributed by atoms with Gasteiger partial charge in [-0.3, -0.25) is 0 Å². The van der Waals surface area contributed by atoms with E-state index < -0.39 is 0 Å². The van der Waals surface area contributed by atoms with Crippen molar-refractivity contribution in [3.63, 3.8) is 0 Å². The molecule has 0 unspecified atom stereocenters. The van der Waals surface area contributed by atoms with Gasteiger partial charge in [0.2, 0.25) is 0 Å². The quantitative estimate of drug-likeness (QED) is 0.525. The molecule has 0 saturated carbocycles. The van der Waals surface area contributed by atoms with E-state index in [2.05, 4.69) is 35.5 Å². The minimum atomic E-state index is 0.344. The van der Waals surface area contributed by atoms with E-state index >= 15 is 0 Å². The lowest BCUT2D eigenvalue weighted by Gasteiger charge is -2.14. The minimum Gasteiger partial charge on any atom is -0.347 e. The summed E-state index contributed by atoms with van der Waals surface area (Å²) in [5.74, 6) is 0. The fourth-order valence-corrected chi connectivity index (χ4v) is 1.31. The van der Waals surface area contributed by atoms with E-state index in [0.29, 0.717) is 6.85 Å². The summed E-state index contributed by atoms with van der Waals surface area (Å²) in [5, 5.41) is 7.03. The molecule has 1 aliphatic rings. The molecule has 0 aromatic heterocycles. The first-order chi connectivity index (χ1) is 5.38. The molecule has 0 saturated heterocycles. The zero-order chi connectivity index (χ0) is 7.68. The molecular weight excluding hydrogens is 135 g/mol. The first kappa shape index (κ1) is 6.46. The second-order valence-electron chi connectivity index (χ2n) is 2.74. The van der Waals surface area contributed by atoms with Crippen LogP contribution in [0.1, 0.15) is 5.56 Å². The average molecular weight is 144 g/mol. The fraction of sp³-hybridized carbons (Fsp3) is 0.125. The van der Waals surface area contributed by atoms with Crippen LogP contribution in [0.25, 0.3) is 0 Å². The van der Waals surface area contributed by atoms with Crippen molar-refractivity contribution in [3.05, 3.63) is 29.8 Å². The van der Waals surface area contributed by atoms with Crippen LogP contribution < -0.4 is 10.8 Å². The van der Waals surface area contributed by atoms with Gasteiger partial charge in [-0.2, -0.15) is 0 Å². The zero-order valence-corrected chi connectivity index (χ0v) is 6.41. The van der Waals surface area contributed by atoms with Crippen LogP contribution in [0, 0.1) is 0 Å². The Morgan fingerprint density at radius 1 is 1.36 bits per heavy atom. The highest BCUT2D eigenvalue weighted by Gasteiger charge is 2.15. The molecule has 11 heavy (non-hydrogen) atoms. The number of hydrogen-bond donors (Lipinski definition) is 1. The summed E-state index contributed by atoms with van der Waals surface area (Å²) in [6.07, 6.45) is 1.86. The van der Waals surface area contributed by atoms with Crippen molar-refractivity contribution in [2.75, 3.05) is 0 Å². The summed E-state index contributed by atoms with van der Waals surface area (Å²) >= 11 is 0. The molecule has 0 spiro atoms. The maximum Gasteiger partial charge on any atom is 0.302 e. The van der Waals surface area contributed by atoms with Gasteiger partial charge >= 0.3 is 6.85 Å². The molecule has 54 valence electrons. The first-order valence-electron chi connectivity index (χ1n) is 3.75. The van der Waals surface area contributed by atoms with Crippen molar-refractivity contribution >= 4 is 18.5 Å². The summed E-state index contributed by atoms with van der Waals surface area (Å²) in [6, 6.07) is 8.29.